The predicted molar refractivity (Wildman–Crippen MR) is 95.5 cm³/mol. The molecule has 24 heavy (non-hydrogen) atoms. The Labute approximate surface area is 145 Å². The molecular weight excluding hydrogens is 304 g/mol. The van der Waals surface area contributed by atoms with Gasteiger partial charge in [-0.25, -0.2) is 0 Å². The first-order valence-corrected chi connectivity index (χ1v) is 8.85. The van der Waals surface area contributed by atoms with Crippen molar-refractivity contribution in [3.05, 3.63) is 23.8 Å². The maximum Gasteiger partial charge on any atom is 0.226 e. The van der Waals surface area contributed by atoms with Gasteiger partial charge in [0.15, 0.2) is 11.5 Å². The molecule has 0 unspecified atom stereocenters. The number of benzene rings is 1. The topological polar surface area (TPSA) is 42.0 Å². The number of likely N-dealkylation sites (tertiary alicyclic amines) is 1. The highest BCUT2D eigenvalue weighted by atomic mass is 16.5. The van der Waals surface area contributed by atoms with Crippen LogP contribution in [0.15, 0.2) is 18.2 Å². The van der Waals surface area contributed by atoms with Crippen molar-refractivity contribution in [1.29, 1.82) is 0 Å². The number of amides is 1. The van der Waals surface area contributed by atoms with Crippen molar-refractivity contribution in [2.75, 3.05) is 40.4 Å². The number of hydrogen-bond acceptors (Lipinski definition) is 4. The predicted octanol–water partition coefficient (Wildman–Crippen LogP) is 2.78. The Kier molecular flexibility index (Phi) is 6.91. The quantitative estimate of drug-likeness (QED) is 0.769. The summed E-state index contributed by atoms with van der Waals surface area (Å²) >= 11 is 0. The second-order valence-electron chi connectivity index (χ2n) is 6.24. The van der Waals surface area contributed by atoms with Crippen LogP contribution in [0.3, 0.4) is 0 Å². The monoisotopic (exact) mass is 334 g/mol. The molecule has 1 amide bonds. The summed E-state index contributed by atoms with van der Waals surface area (Å²) < 4.78 is 10.9. The molecule has 1 saturated heterocycles. The highest BCUT2D eigenvalue weighted by Gasteiger charge is 2.28. The lowest BCUT2D eigenvalue weighted by atomic mass is 9.96. The lowest BCUT2D eigenvalue weighted by molar-refractivity contribution is -0.137. The molecule has 1 atom stereocenters. The van der Waals surface area contributed by atoms with Crippen molar-refractivity contribution in [2.24, 2.45) is 5.92 Å². The van der Waals surface area contributed by atoms with Crippen LogP contribution in [0.1, 0.15) is 32.3 Å². The fourth-order valence-electron chi connectivity index (χ4n) is 3.51. The van der Waals surface area contributed by atoms with Crippen molar-refractivity contribution in [3.63, 3.8) is 0 Å². The first-order valence-electron chi connectivity index (χ1n) is 8.85. The highest BCUT2D eigenvalue weighted by molar-refractivity contribution is 5.79. The number of hydrogen-bond donors (Lipinski definition) is 0. The third-order valence-electron chi connectivity index (χ3n) is 4.81. The first kappa shape index (κ1) is 18.6. The molecule has 5 nitrogen and oxygen atoms in total. The smallest absolute Gasteiger partial charge is 0.226 e. The number of piperidine rings is 1. The summed E-state index contributed by atoms with van der Waals surface area (Å²) in [4.78, 5) is 16.9. The highest BCUT2D eigenvalue weighted by Crippen LogP contribution is 2.32. The SMILES string of the molecule is CCN(CC)C(=O)[C@H]1CCCN(Cc2cccc(OC)c2OC)C1. The van der Waals surface area contributed by atoms with E-state index in [2.05, 4.69) is 11.0 Å². The van der Waals surface area contributed by atoms with E-state index in [1.165, 1.54) is 0 Å². The van der Waals surface area contributed by atoms with E-state index in [9.17, 15) is 4.79 Å². The molecule has 0 saturated carbocycles. The minimum absolute atomic E-state index is 0.107. The van der Waals surface area contributed by atoms with Crippen LogP contribution in [0.5, 0.6) is 11.5 Å². The van der Waals surface area contributed by atoms with Crippen LogP contribution in [0.2, 0.25) is 0 Å². The molecule has 1 fully saturated rings. The Hall–Kier alpha value is -1.75. The maximum absolute atomic E-state index is 12.6. The summed E-state index contributed by atoms with van der Waals surface area (Å²) in [6, 6.07) is 5.96. The van der Waals surface area contributed by atoms with E-state index < -0.39 is 0 Å². The number of para-hydroxylation sites is 1. The van der Waals surface area contributed by atoms with Gasteiger partial charge in [0.2, 0.25) is 5.91 Å². The lowest BCUT2D eigenvalue weighted by Crippen LogP contribution is -2.44. The Morgan fingerprint density at radius 1 is 1.25 bits per heavy atom. The molecular formula is C19H30N2O3. The van der Waals surface area contributed by atoms with E-state index >= 15 is 0 Å². The fraction of sp³-hybridized carbons (Fsp3) is 0.632. The lowest BCUT2D eigenvalue weighted by Gasteiger charge is -2.34. The summed E-state index contributed by atoms with van der Waals surface area (Å²) in [5.74, 6) is 1.94. The van der Waals surface area contributed by atoms with E-state index in [0.717, 1.165) is 62.6 Å². The molecule has 0 aliphatic carbocycles. The molecule has 1 aliphatic heterocycles. The average molecular weight is 334 g/mol. The standard InChI is InChI=1S/C19H30N2O3/c1-5-21(6-2)19(22)16-10-8-12-20(14-16)13-15-9-7-11-17(23-3)18(15)24-4/h7,9,11,16H,5-6,8,10,12-14H2,1-4H3/t16-/m0/s1. The zero-order chi connectivity index (χ0) is 17.5. The van der Waals surface area contributed by atoms with Gasteiger partial charge in [0, 0.05) is 31.7 Å². The zero-order valence-electron chi connectivity index (χ0n) is 15.4. The van der Waals surface area contributed by atoms with Crippen molar-refractivity contribution in [3.8, 4) is 11.5 Å². The Bertz CT molecular complexity index is 543. The van der Waals surface area contributed by atoms with E-state index in [-0.39, 0.29) is 5.92 Å². The molecule has 0 spiro atoms. The molecule has 1 heterocycles. The van der Waals surface area contributed by atoms with E-state index in [1.807, 2.05) is 30.9 Å². The molecule has 0 bridgehead atoms. The maximum atomic E-state index is 12.6. The average Bonchev–Trinajstić information content (AvgIpc) is 2.62. The van der Waals surface area contributed by atoms with Crippen LogP contribution in [-0.4, -0.2) is 56.1 Å². The van der Waals surface area contributed by atoms with Gasteiger partial charge in [0.1, 0.15) is 0 Å². The number of nitrogens with zero attached hydrogens (tertiary/aromatic N) is 2. The second-order valence-corrected chi connectivity index (χ2v) is 6.24. The van der Waals surface area contributed by atoms with Crippen LogP contribution < -0.4 is 9.47 Å². The number of methoxy groups -OCH3 is 2. The third kappa shape index (κ3) is 4.20. The van der Waals surface area contributed by atoms with Gasteiger partial charge in [0.25, 0.3) is 0 Å². The molecule has 2 rings (SSSR count). The van der Waals surface area contributed by atoms with E-state index in [4.69, 9.17) is 9.47 Å². The molecule has 1 aromatic carbocycles. The summed E-state index contributed by atoms with van der Waals surface area (Å²) in [6.07, 6.45) is 2.05. The minimum atomic E-state index is 0.107. The molecule has 5 heteroatoms. The van der Waals surface area contributed by atoms with Gasteiger partial charge in [-0.15, -0.1) is 0 Å². The van der Waals surface area contributed by atoms with Gasteiger partial charge in [-0.2, -0.15) is 0 Å². The van der Waals surface area contributed by atoms with Crippen molar-refractivity contribution >= 4 is 5.91 Å². The van der Waals surface area contributed by atoms with Gasteiger partial charge >= 0.3 is 0 Å². The number of rotatable bonds is 7. The number of ether oxygens (including phenoxy) is 2. The molecule has 0 N–H and O–H groups in total. The van der Waals surface area contributed by atoms with Crippen LogP contribution in [0, 0.1) is 5.92 Å². The third-order valence-corrected chi connectivity index (χ3v) is 4.81. The number of carbonyl (C=O) groups excluding carboxylic acids is 1. The largest absolute Gasteiger partial charge is 0.493 e. The van der Waals surface area contributed by atoms with Crippen LogP contribution in [0.4, 0.5) is 0 Å². The van der Waals surface area contributed by atoms with Gasteiger partial charge in [-0.3, -0.25) is 9.69 Å². The molecule has 0 radical (unpaired) electrons. The van der Waals surface area contributed by atoms with Gasteiger partial charge < -0.3 is 14.4 Å². The first-order chi connectivity index (χ1) is 11.6. The van der Waals surface area contributed by atoms with Crippen molar-refractivity contribution in [2.45, 2.75) is 33.2 Å². The van der Waals surface area contributed by atoms with Crippen molar-refractivity contribution < 1.29 is 14.3 Å². The Morgan fingerprint density at radius 2 is 2.00 bits per heavy atom. The van der Waals surface area contributed by atoms with Crippen LogP contribution in [-0.2, 0) is 11.3 Å². The molecule has 0 aromatic heterocycles. The van der Waals surface area contributed by atoms with Crippen LogP contribution >= 0.6 is 0 Å². The normalized spacial score (nSPS) is 18.2. The second kappa shape index (κ2) is 8.92. The van der Waals surface area contributed by atoms with Crippen LogP contribution in [0.25, 0.3) is 0 Å². The minimum Gasteiger partial charge on any atom is -0.493 e. The molecule has 134 valence electrons. The summed E-state index contributed by atoms with van der Waals surface area (Å²) in [5.41, 5.74) is 1.10. The summed E-state index contributed by atoms with van der Waals surface area (Å²) in [5, 5.41) is 0. The van der Waals surface area contributed by atoms with Crippen molar-refractivity contribution in [1.82, 2.24) is 9.80 Å². The molecule has 1 aliphatic rings. The summed E-state index contributed by atoms with van der Waals surface area (Å²) in [6.45, 7) is 8.28. The Morgan fingerprint density at radius 3 is 2.62 bits per heavy atom. The molecule has 1 aromatic rings. The van der Waals surface area contributed by atoms with Gasteiger partial charge in [0.05, 0.1) is 20.1 Å². The van der Waals surface area contributed by atoms with Gasteiger partial charge in [-0.05, 0) is 39.3 Å². The number of carbonyl (C=O) groups is 1. The fourth-order valence-corrected chi connectivity index (χ4v) is 3.51. The van der Waals surface area contributed by atoms with Gasteiger partial charge in [-0.1, -0.05) is 12.1 Å². The zero-order valence-corrected chi connectivity index (χ0v) is 15.4. The van der Waals surface area contributed by atoms with E-state index in [0.29, 0.717) is 5.91 Å². The summed E-state index contributed by atoms with van der Waals surface area (Å²) in [7, 11) is 3.32. The Balaban J connectivity index is 2.07. The van der Waals surface area contributed by atoms with E-state index in [1.54, 1.807) is 14.2 Å².